The summed E-state index contributed by atoms with van der Waals surface area (Å²) >= 11 is 0. The standard InChI is InChI=1S/C13H15N2O2P/c16-18(17,15-13-9-5-2-6-10-13)14-11-12-7-3-1-4-8-12/h1-10H,11H2,(H3,14,15,16,17). The molecule has 0 saturated carbocycles. The first-order valence-electron chi connectivity index (χ1n) is 5.61. The summed E-state index contributed by atoms with van der Waals surface area (Å²) in [6.07, 6.45) is 0. The molecule has 0 aliphatic carbocycles. The van der Waals surface area contributed by atoms with Gasteiger partial charge in [0.1, 0.15) is 0 Å². The Hall–Kier alpha value is -1.61. The van der Waals surface area contributed by atoms with E-state index in [-0.39, 0.29) is 0 Å². The van der Waals surface area contributed by atoms with Crippen LogP contribution < -0.4 is 10.2 Å². The van der Waals surface area contributed by atoms with E-state index in [0.29, 0.717) is 12.2 Å². The molecule has 5 heteroatoms. The van der Waals surface area contributed by atoms with Crippen LogP contribution in [0.2, 0.25) is 0 Å². The van der Waals surface area contributed by atoms with Crippen LogP contribution in [0, 0.1) is 0 Å². The molecule has 0 saturated heterocycles. The van der Waals surface area contributed by atoms with E-state index in [2.05, 4.69) is 10.2 Å². The Morgan fingerprint density at radius 3 is 2.11 bits per heavy atom. The number of anilines is 1. The van der Waals surface area contributed by atoms with Crippen LogP contribution in [0.4, 0.5) is 5.69 Å². The van der Waals surface area contributed by atoms with Gasteiger partial charge in [0.2, 0.25) is 0 Å². The Labute approximate surface area is 106 Å². The van der Waals surface area contributed by atoms with Gasteiger partial charge in [-0.05, 0) is 17.7 Å². The summed E-state index contributed by atoms with van der Waals surface area (Å²) in [5, 5.41) is 5.21. The number of benzene rings is 2. The predicted octanol–water partition coefficient (Wildman–Crippen LogP) is 2.99. The second-order valence-electron chi connectivity index (χ2n) is 3.87. The van der Waals surface area contributed by atoms with Crippen LogP contribution in [-0.2, 0) is 11.1 Å². The van der Waals surface area contributed by atoms with Crippen molar-refractivity contribution in [1.82, 2.24) is 5.09 Å². The molecule has 2 aromatic rings. The molecule has 0 fully saturated rings. The summed E-state index contributed by atoms with van der Waals surface area (Å²) in [6.45, 7) is 0.342. The van der Waals surface area contributed by atoms with Gasteiger partial charge in [0, 0.05) is 12.2 Å². The highest BCUT2D eigenvalue weighted by Crippen LogP contribution is 2.36. The van der Waals surface area contributed by atoms with Crippen molar-refractivity contribution in [3.8, 4) is 0 Å². The molecule has 1 atom stereocenters. The minimum Gasteiger partial charge on any atom is -0.318 e. The highest BCUT2D eigenvalue weighted by Gasteiger charge is 2.16. The highest BCUT2D eigenvalue weighted by molar-refractivity contribution is 7.57. The third kappa shape index (κ3) is 4.00. The molecule has 1 unspecified atom stereocenters. The molecule has 0 aliphatic rings. The topological polar surface area (TPSA) is 61.4 Å². The van der Waals surface area contributed by atoms with E-state index in [9.17, 15) is 9.46 Å². The van der Waals surface area contributed by atoms with E-state index in [4.69, 9.17) is 0 Å². The summed E-state index contributed by atoms with van der Waals surface area (Å²) in [7, 11) is -3.58. The van der Waals surface area contributed by atoms with Crippen LogP contribution in [0.3, 0.4) is 0 Å². The molecule has 0 spiro atoms. The molecule has 2 rings (SSSR count). The smallest absolute Gasteiger partial charge is 0.318 e. The monoisotopic (exact) mass is 262 g/mol. The third-order valence-electron chi connectivity index (χ3n) is 2.39. The second kappa shape index (κ2) is 5.83. The fourth-order valence-electron chi connectivity index (χ4n) is 1.52. The van der Waals surface area contributed by atoms with Crippen LogP contribution in [-0.4, -0.2) is 4.89 Å². The maximum atomic E-state index is 11.9. The van der Waals surface area contributed by atoms with Crippen LogP contribution in [0.15, 0.2) is 60.7 Å². The van der Waals surface area contributed by atoms with Gasteiger partial charge in [-0.2, -0.15) is 0 Å². The summed E-state index contributed by atoms with van der Waals surface area (Å²) in [6, 6.07) is 18.4. The average molecular weight is 262 g/mol. The van der Waals surface area contributed by atoms with Crippen molar-refractivity contribution >= 4 is 13.4 Å². The molecular weight excluding hydrogens is 247 g/mol. The van der Waals surface area contributed by atoms with E-state index < -0.39 is 7.67 Å². The van der Waals surface area contributed by atoms with Gasteiger partial charge < -0.3 is 9.98 Å². The normalized spacial score (nSPS) is 13.8. The first-order chi connectivity index (χ1) is 8.66. The third-order valence-corrected chi connectivity index (χ3v) is 3.54. The summed E-state index contributed by atoms with van der Waals surface area (Å²) in [5.41, 5.74) is 1.57. The van der Waals surface area contributed by atoms with Gasteiger partial charge in [0.05, 0.1) is 0 Å². The van der Waals surface area contributed by atoms with Gasteiger partial charge in [0.15, 0.2) is 0 Å². The van der Waals surface area contributed by atoms with Crippen molar-refractivity contribution in [3.63, 3.8) is 0 Å². The number of hydrogen-bond acceptors (Lipinski definition) is 1. The van der Waals surface area contributed by atoms with Gasteiger partial charge in [-0.15, -0.1) is 0 Å². The SMILES string of the molecule is O=P(O)(NCc1ccccc1)Nc1ccccc1. The number of hydrogen-bond donors (Lipinski definition) is 3. The van der Waals surface area contributed by atoms with E-state index in [0.717, 1.165) is 5.56 Å². The molecule has 0 aromatic heterocycles. The van der Waals surface area contributed by atoms with Crippen molar-refractivity contribution in [2.45, 2.75) is 6.54 Å². The lowest BCUT2D eigenvalue weighted by Gasteiger charge is -2.15. The van der Waals surface area contributed by atoms with Crippen molar-refractivity contribution < 1.29 is 9.46 Å². The first-order valence-corrected chi connectivity index (χ1v) is 7.27. The van der Waals surface area contributed by atoms with Gasteiger partial charge >= 0.3 is 7.67 Å². The molecule has 0 amide bonds. The van der Waals surface area contributed by atoms with Gasteiger partial charge in [-0.25, -0.2) is 9.65 Å². The zero-order valence-electron chi connectivity index (χ0n) is 9.78. The van der Waals surface area contributed by atoms with E-state index >= 15 is 0 Å². The quantitative estimate of drug-likeness (QED) is 0.725. The molecule has 94 valence electrons. The largest absolute Gasteiger partial charge is 0.363 e. The predicted molar refractivity (Wildman–Crippen MR) is 73.2 cm³/mol. The van der Waals surface area contributed by atoms with E-state index in [1.54, 1.807) is 24.3 Å². The Bertz CT molecular complexity index is 531. The fourth-order valence-corrected chi connectivity index (χ4v) is 2.50. The fraction of sp³-hybridized carbons (Fsp3) is 0.0769. The molecule has 0 aliphatic heterocycles. The molecule has 3 N–H and O–H groups in total. The molecule has 4 nitrogen and oxygen atoms in total. The summed E-state index contributed by atoms with van der Waals surface area (Å²) < 4.78 is 11.9. The molecule has 0 heterocycles. The molecule has 2 aromatic carbocycles. The number of para-hydroxylation sites is 1. The lowest BCUT2D eigenvalue weighted by atomic mass is 10.2. The van der Waals surface area contributed by atoms with Crippen LogP contribution >= 0.6 is 7.67 Å². The highest BCUT2D eigenvalue weighted by atomic mass is 31.2. The van der Waals surface area contributed by atoms with E-state index in [1.165, 1.54) is 0 Å². The zero-order chi connectivity index (χ0) is 12.8. The van der Waals surface area contributed by atoms with Gasteiger partial charge in [-0.3, -0.25) is 0 Å². The van der Waals surface area contributed by atoms with Crippen LogP contribution in [0.25, 0.3) is 0 Å². The van der Waals surface area contributed by atoms with Gasteiger partial charge in [-0.1, -0.05) is 48.5 Å². The molecular formula is C13H15N2O2P. The summed E-state index contributed by atoms with van der Waals surface area (Å²) in [4.78, 5) is 9.76. The summed E-state index contributed by atoms with van der Waals surface area (Å²) in [5.74, 6) is 0. The van der Waals surface area contributed by atoms with Crippen molar-refractivity contribution in [1.29, 1.82) is 0 Å². The average Bonchev–Trinajstić information content (AvgIpc) is 2.38. The maximum absolute atomic E-state index is 11.9. The lowest BCUT2D eigenvalue weighted by molar-refractivity contribution is 0.469. The number of rotatable bonds is 5. The Kier molecular flexibility index (Phi) is 4.15. The Balaban J connectivity index is 1.94. The van der Waals surface area contributed by atoms with Crippen LogP contribution in [0.5, 0.6) is 0 Å². The lowest BCUT2D eigenvalue weighted by Crippen LogP contribution is -2.15. The second-order valence-corrected chi connectivity index (χ2v) is 5.57. The molecule has 0 bridgehead atoms. The minimum absolute atomic E-state index is 0.342. The molecule has 18 heavy (non-hydrogen) atoms. The minimum atomic E-state index is -3.58. The first kappa shape index (κ1) is 12.8. The maximum Gasteiger partial charge on any atom is 0.363 e. The number of nitrogens with one attached hydrogen (secondary N) is 2. The van der Waals surface area contributed by atoms with Crippen LogP contribution in [0.1, 0.15) is 5.56 Å². The van der Waals surface area contributed by atoms with Crippen molar-refractivity contribution in [2.75, 3.05) is 5.09 Å². The molecule has 0 radical (unpaired) electrons. The Morgan fingerprint density at radius 2 is 1.50 bits per heavy atom. The van der Waals surface area contributed by atoms with E-state index in [1.807, 2.05) is 36.4 Å². The zero-order valence-corrected chi connectivity index (χ0v) is 10.7. The van der Waals surface area contributed by atoms with Crippen molar-refractivity contribution in [3.05, 3.63) is 66.2 Å². The Morgan fingerprint density at radius 1 is 0.944 bits per heavy atom. The van der Waals surface area contributed by atoms with Crippen molar-refractivity contribution in [2.24, 2.45) is 0 Å². The van der Waals surface area contributed by atoms with Gasteiger partial charge in [0.25, 0.3) is 0 Å².